The Morgan fingerprint density at radius 2 is 1.72 bits per heavy atom. The van der Waals surface area contributed by atoms with Crippen molar-refractivity contribution >= 4 is 11.8 Å². The predicted molar refractivity (Wildman–Crippen MR) is 96.0 cm³/mol. The first-order valence-electron chi connectivity index (χ1n) is 9.50. The van der Waals surface area contributed by atoms with Crippen LogP contribution >= 0.6 is 0 Å². The Labute approximate surface area is 149 Å². The maximum atomic E-state index is 12.7. The lowest BCUT2D eigenvalue weighted by Crippen LogP contribution is -2.44. The Balaban J connectivity index is 1.59. The van der Waals surface area contributed by atoms with Crippen LogP contribution in [0.4, 0.5) is 0 Å². The third-order valence-electron chi connectivity index (χ3n) is 5.09. The van der Waals surface area contributed by atoms with E-state index in [1.54, 1.807) is 0 Å². The van der Waals surface area contributed by atoms with E-state index in [-0.39, 0.29) is 24.5 Å². The zero-order valence-corrected chi connectivity index (χ0v) is 14.8. The smallest absolute Gasteiger partial charge is 0.254 e. The number of likely N-dealkylation sites (tertiary alicyclic amines) is 1. The molecule has 0 unspecified atom stereocenters. The molecule has 1 saturated heterocycles. The van der Waals surface area contributed by atoms with Gasteiger partial charge in [0.25, 0.3) is 5.91 Å². The van der Waals surface area contributed by atoms with E-state index in [1.165, 1.54) is 6.42 Å². The van der Waals surface area contributed by atoms with Crippen molar-refractivity contribution in [2.24, 2.45) is 0 Å². The highest BCUT2D eigenvalue weighted by atomic mass is 16.5. The monoisotopic (exact) mass is 344 g/mol. The third-order valence-corrected chi connectivity index (χ3v) is 5.09. The van der Waals surface area contributed by atoms with E-state index < -0.39 is 6.10 Å². The minimum absolute atomic E-state index is 0.000674. The molecule has 3 rings (SSSR count). The fourth-order valence-corrected chi connectivity index (χ4v) is 3.65. The SMILES string of the molecule is O=C(NCC(=O)N1CCCCC1)[C@H](OC1CCCC1)c1ccccc1. The molecule has 0 aromatic heterocycles. The molecule has 2 fully saturated rings. The number of carbonyl (C=O) groups is 2. The van der Waals surface area contributed by atoms with Gasteiger partial charge in [0.15, 0.2) is 6.10 Å². The van der Waals surface area contributed by atoms with Crippen LogP contribution in [-0.2, 0) is 14.3 Å². The molecule has 1 aromatic rings. The first kappa shape index (κ1) is 17.9. The average molecular weight is 344 g/mol. The van der Waals surface area contributed by atoms with Crippen molar-refractivity contribution in [1.29, 1.82) is 0 Å². The van der Waals surface area contributed by atoms with Crippen molar-refractivity contribution in [3.8, 4) is 0 Å². The minimum Gasteiger partial charge on any atom is -0.360 e. The molecule has 1 heterocycles. The summed E-state index contributed by atoms with van der Waals surface area (Å²) >= 11 is 0. The van der Waals surface area contributed by atoms with Crippen molar-refractivity contribution in [3.63, 3.8) is 0 Å². The number of hydrogen-bond acceptors (Lipinski definition) is 3. The maximum absolute atomic E-state index is 12.7. The van der Waals surface area contributed by atoms with Gasteiger partial charge in [-0.2, -0.15) is 0 Å². The lowest BCUT2D eigenvalue weighted by molar-refractivity contribution is -0.140. The summed E-state index contributed by atoms with van der Waals surface area (Å²) in [5.41, 5.74) is 0.845. The number of ether oxygens (including phenoxy) is 1. The van der Waals surface area contributed by atoms with Gasteiger partial charge in [-0.1, -0.05) is 43.2 Å². The molecular formula is C20H28N2O3. The lowest BCUT2D eigenvalue weighted by Gasteiger charge is -2.27. The van der Waals surface area contributed by atoms with Gasteiger partial charge in [-0.25, -0.2) is 0 Å². The summed E-state index contributed by atoms with van der Waals surface area (Å²) in [6.07, 6.45) is 7.09. The molecule has 2 aliphatic rings. The number of nitrogens with one attached hydrogen (secondary N) is 1. The molecule has 0 spiro atoms. The van der Waals surface area contributed by atoms with E-state index in [9.17, 15) is 9.59 Å². The highest BCUT2D eigenvalue weighted by Gasteiger charge is 2.28. The van der Waals surface area contributed by atoms with Crippen molar-refractivity contribution in [3.05, 3.63) is 35.9 Å². The Morgan fingerprint density at radius 1 is 1.04 bits per heavy atom. The van der Waals surface area contributed by atoms with Crippen LogP contribution in [0.3, 0.4) is 0 Å². The predicted octanol–water partition coefficient (Wildman–Crippen LogP) is 2.82. The molecule has 5 nitrogen and oxygen atoms in total. The quantitative estimate of drug-likeness (QED) is 0.863. The molecule has 1 aliphatic carbocycles. The number of rotatable bonds is 6. The van der Waals surface area contributed by atoms with Gasteiger partial charge >= 0.3 is 0 Å². The Morgan fingerprint density at radius 3 is 2.40 bits per heavy atom. The molecule has 25 heavy (non-hydrogen) atoms. The molecular weight excluding hydrogens is 316 g/mol. The molecule has 1 saturated carbocycles. The standard InChI is InChI=1S/C20H28N2O3/c23-18(22-13-7-2-8-14-22)15-21-20(24)19(16-9-3-1-4-10-16)25-17-11-5-6-12-17/h1,3-4,9-10,17,19H,2,5-8,11-15H2,(H,21,24)/t19-/m1/s1. The van der Waals surface area contributed by atoms with Crippen molar-refractivity contribution in [2.45, 2.75) is 57.2 Å². The second kappa shape index (κ2) is 8.99. The Kier molecular flexibility index (Phi) is 6.45. The number of amides is 2. The van der Waals surface area contributed by atoms with Crippen molar-refractivity contribution < 1.29 is 14.3 Å². The van der Waals surface area contributed by atoms with Gasteiger partial charge in [0, 0.05) is 13.1 Å². The van der Waals surface area contributed by atoms with E-state index in [4.69, 9.17) is 4.74 Å². The first-order valence-corrected chi connectivity index (χ1v) is 9.50. The summed E-state index contributed by atoms with van der Waals surface area (Å²) < 4.78 is 6.10. The molecule has 1 N–H and O–H groups in total. The van der Waals surface area contributed by atoms with Crippen LogP contribution in [-0.4, -0.2) is 42.5 Å². The second-order valence-electron chi connectivity index (χ2n) is 6.99. The molecule has 0 radical (unpaired) electrons. The number of benzene rings is 1. The summed E-state index contributed by atoms with van der Waals surface area (Å²) in [5, 5.41) is 2.80. The zero-order valence-electron chi connectivity index (χ0n) is 14.8. The van der Waals surface area contributed by atoms with Crippen LogP contribution in [0.15, 0.2) is 30.3 Å². The summed E-state index contributed by atoms with van der Waals surface area (Å²) in [4.78, 5) is 26.8. The van der Waals surface area contributed by atoms with Crippen LogP contribution in [0.5, 0.6) is 0 Å². The average Bonchev–Trinajstić information content (AvgIpc) is 3.18. The van der Waals surface area contributed by atoms with Crippen molar-refractivity contribution in [1.82, 2.24) is 10.2 Å². The molecule has 1 aromatic carbocycles. The number of hydrogen-bond donors (Lipinski definition) is 1. The van der Waals surface area contributed by atoms with E-state index in [0.29, 0.717) is 0 Å². The molecule has 1 atom stereocenters. The minimum atomic E-state index is -0.640. The van der Waals surface area contributed by atoms with Gasteiger partial charge in [0.2, 0.25) is 5.91 Å². The van der Waals surface area contributed by atoms with Gasteiger partial charge in [-0.05, 0) is 37.7 Å². The fraction of sp³-hybridized carbons (Fsp3) is 0.600. The topological polar surface area (TPSA) is 58.6 Å². The summed E-state index contributed by atoms with van der Waals surface area (Å²) in [6, 6.07) is 9.56. The number of nitrogens with zero attached hydrogens (tertiary/aromatic N) is 1. The third kappa shape index (κ3) is 5.05. The number of piperidine rings is 1. The normalized spacial score (nSPS) is 19.6. The van der Waals surface area contributed by atoms with Crippen LogP contribution in [0.1, 0.15) is 56.6 Å². The Bertz CT molecular complexity index is 564. The van der Waals surface area contributed by atoms with Crippen LogP contribution < -0.4 is 5.32 Å². The summed E-state index contributed by atoms with van der Waals surface area (Å²) in [6.45, 7) is 1.65. The van der Waals surface area contributed by atoms with Gasteiger partial charge < -0.3 is 15.0 Å². The molecule has 5 heteroatoms. The largest absolute Gasteiger partial charge is 0.360 e. The molecule has 1 aliphatic heterocycles. The molecule has 0 bridgehead atoms. The van der Waals surface area contributed by atoms with Crippen LogP contribution in [0.25, 0.3) is 0 Å². The summed E-state index contributed by atoms with van der Waals surface area (Å²) in [7, 11) is 0. The van der Waals surface area contributed by atoms with Crippen molar-refractivity contribution in [2.75, 3.05) is 19.6 Å². The lowest BCUT2D eigenvalue weighted by atomic mass is 10.1. The first-order chi connectivity index (χ1) is 12.2. The second-order valence-corrected chi connectivity index (χ2v) is 6.99. The summed E-state index contributed by atoms with van der Waals surface area (Å²) in [5.74, 6) is -0.218. The van der Waals surface area contributed by atoms with Crippen LogP contribution in [0, 0.1) is 0 Å². The molecule has 136 valence electrons. The molecule has 2 amide bonds. The van der Waals surface area contributed by atoms with E-state index in [1.807, 2.05) is 35.2 Å². The fourth-order valence-electron chi connectivity index (χ4n) is 3.65. The van der Waals surface area contributed by atoms with E-state index >= 15 is 0 Å². The van der Waals surface area contributed by atoms with E-state index in [0.717, 1.165) is 57.2 Å². The maximum Gasteiger partial charge on any atom is 0.254 e. The number of carbonyl (C=O) groups excluding carboxylic acids is 2. The van der Waals surface area contributed by atoms with Gasteiger partial charge in [-0.3, -0.25) is 9.59 Å². The van der Waals surface area contributed by atoms with Gasteiger partial charge in [0.05, 0.1) is 12.6 Å². The Hall–Kier alpha value is -1.88. The zero-order chi connectivity index (χ0) is 17.5. The van der Waals surface area contributed by atoms with E-state index in [2.05, 4.69) is 5.32 Å². The van der Waals surface area contributed by atoms with Gasteiger partial charge in [-0.15, -0.1) is 0 Å². The van der Waals surface area contributed by atoms with Gasteiger partial charge in [0.1, 0.15) is 0 Å². The van der Waals surface area contributed by atoms with Crippen LogP contribution in [0.2, 0.25) is 0 Å². The highest BCUT2D eigenvalue weighted by Crippen LogP contribution is 2.28. The highest BCUT2D eigenvalue weighted by molar-refractivity contribution is 5.87.